The van der Waals surface area contributed by atoms with Gasteiger partial charge in [0.25, 0.3) is 0 Å². The number of aliphatic hydroxyl groups excluding tert-OH is 1. The number of allylic oxidation sites excluding steroid dienone is 1. The fourth-order valence-electron chi connectivity index (χ4n) is 3.42. The van der Waals surface area contributed by atoms with E-state index in [1.54, 1.807) is 18.2 Å². The highest BCUT2D eigenvalue weighted by molar-refractivity contribution is 6.34. The Hall–Kier alpha value is -1.72. The van der Waals surface area contributed by atoms with Crippen LogP contribution in [0.1, 0.15) is 31.1 Å². The number of nitrogens with zero attached hydrogens (tertiary/aromatic N) is 1. The van der Waals surface area contributed by atoms with Gasteiger partial charge in [-0.05, 0) is 35.2 Å². The van der Waals surface area contributed by atoms with Crippen molar-refractivity contribution in [3.8, 4) is 0 Å². The quantitative estimate of drug-likeness (QED) is 0.663. The average molecular weight is 421 g/mol. The first-order valence-electron chi connectivity index (χ1n) is 9.36. The number of aliphatic hydroxyl groups is 1. The summed E-state index contributed by atoms with van der Waals surface area (Å²) in [5.74, 6) is 0.223. The fourth-order valence-corrected chi connectivity index (χ4v) is 3.96. The third-order valence-electron chi connectivity index (χ3n) is 4.87. The van der Waals surface area contributed by atoms with E-state index < -0.39 is 6.10 Å². The lowest BCUT2D eigenvalue weighted by Crippen LogP contribution is -2.39. The highest BCUT2D eigenvalue weighted by Gasteiger charge is 2.34. The summed E-state index contributed by atoms with van der Waals surface area (Å²) in [5.41, 5.74) is 3.63. The molecule has 0 saturated carbocycles. The van der Waals surface area contributed by atoms with E-state index in [1.165, 1.54) is 0 Å². The molecule has 0 radical (unpaired) electrons. The molecule has 2 unspecified atom stereocenters. The highest BCUT2D eigenvalue weighted by Crippen LogP contribution is 2.35. The Kier molecular flexibility index (Phi) is 6.89. The maximum absolute atomic E-state index is 11.1. The first-order chi connectivity index (χ1) is 13.4. The molecule has 0 bridgehead atoms. The molecular formula is C22H26Cl2N2O2. The Labute approximate surface area is 176 Å². The van der Waals surface area contributed by atoms with Crippen LogP contribution < -0.4 is 5.32 Å². The van der Waals surface area contributed by atoms with Gasteiger partial charge >= 0.3 is 0 Å². The minimum absolute atomic E-state index is 0.0552. The van der Waals surface area contributed by atoms with E-state index in [4.69, 9.17) is 27.9 Å². The summed E-state index contributed by atoms with van der Waals surface area (Å²) in [5, 5.41) is 15.6. The van der Waals surface area contributed by atoms with E-state index in [2.05, 4.69) is 19.2 Å². The molecule has 1 heterocycles. The van der Waals surface area contributed by atoms with Gasteiger partial charge < -0.3 is 20.1 Å². The van der Waals surface area contributed by atoms with Crippen molar-refractivity contribution in [1.29, 1.82) is 0 Å². The molecule has 0 aliphatic carbocycles. The van der Waals surface area contributed by atoms with Gasteiger partial charge in [-0.3, -0.25) is 0 Å². The van der Waals surface area contributed by atoms with Crippen molar-refractivity contribution in [2.24, 2.45) is 5.92 Å². The molecule has 2 aromatic carbocycles. The molecule has 4 nitrogen and oxygen atoms in total. The van der Waals surface area contributed by atoms with Crippen molar-refractivity contribution in [3.05, 3.63) is 81.1 Å². The van der Waals surface area contributed by atoms with Crippen LogP contribution in [0.2, 0.25) is 10.0 Å². The number of nitrogens with one attached hydrogen (secondary N) is 1. The molecular weight excluding hydrogens is 395 g/mol. The predicted octanol–water partition coefficient (Wildman–Crippen LogP) is 4.97. The molecule has 0 aromatic heterocycles. The monoisotopic (exact) mass is 420 g/mol. The Bertz CT molecular complexity index is 819. The number of benzene rings is 2. The summed E-state index contributed by atoms with van der Waals surface area (Å²) in [7, 11) is 1.96. The maximum Gasteiger partial charge on any atom is 0.122 e. The van der Waals surface area contributed by atoms with Crippen LogP contribution in [0, 0.1) is 5.92 Å². The number of hydrogen-bond donors (Lipinski definition) is 2. The van der Waals surface area contributed by atoms with Crippen molar-refractivity contribution in [3.63, 3.8) is 0 Å². The Morgan fingerprint density at radius 3 is 2.36 bits per heavy atom. The first-order valence-corrected chi connectivity index (χ1v) is 10.1. The second kappa shape index (κ2) is 9.19. The molecule has 0 fully saturated rings. The van der Waals surface area contributed by atoms with E-state index in [1.807, 2.05) is 42.3 Å². The van der Waals surface area contributed by atoms with Crippen molar-refractivity contribution in [1.82, 2.24) is 10.2 Å². The molecule has 0 amide bonds. The number of likely N-dealkylation sites (N-methyl/N-ethyl adjacent to an activating group) is 1. The van der Waals surface area contributed by atoms with Crippen LogP contribution in [0.25, 0.3) is 0 Å². The van der Waals surface area contributed by atoms with Crippen LogP contribution >= 0.6 is 23.2 Å². The summed E-state index contributed by atoms with van der Waals surface area (Å²) in [6.07, 6.45) is -0.884. The van der Waals surface area contributed by atoms with E-state index in [0.29, 0.717) is 28.8 Å². The smallest absolute Gasteiger partial charge is 0.122 e. The third-order valence-corrected chi connectivity index (χ3v) is 5.31. The van der Waals surface area contributed by atoms with Crippen molar-refractivity contribution in [2.45, 2.75) is 32.7 Å². The Morgan fingerprint density at radius 2 is 1.75 bits per heavy atom. The van der Waals surface area contributed by atoms with Crippen molar-refractivity contribution >= 4 is 23.2 Å². The van der Waals surface area contributed by atoms with E-state index in [-0.39, 0.29) is 12.1 Å². The summed E-state index contributed by atoms with van der Waals surface area (Å²) < 4.78 is 5.92. The molecule has 3 rings (SSSR count). The molecule has 0 saturated heterocycles. The molecule has 2 atom stereocenters. The fraction of sp³-hybridized carbons (Fsp3) is 0.364. The zero-order valence-corrected chi connectivity index (χ0v) is 17.8. The van der Waals surface area contributed by atoms with Gasteiger partial charge in [0.2, 0.25) is 0 Å². The van der Waals surface area contributed by atoms with Gasteiger partial charge in [0.05, 0.1) is 18.9 Å². The molecule has 150 valence electrons. The van der Waals surface area contributed by atoms with Crippen LogP contribution in [0.3, 0.4) is 0 Å². The number of halogens is 2. The van der Waals surface area contributed by atoms with Crippen LogP contribution in [0.5, 0.6) is 0 Å². The van der Waals surface area contributed by atoms with E-state index in [0.717, 1.165) is 17.0 Å². The maximum atomic E-state index is 11.1. The minimum Gasteiger partial charge on any atom is -0.382 e. The van der Waals surface area contributed by atoms with Gasteiger partial charge in [0.1, 0.15) is 12.3 Å². The first kappa shape index (κ1) is 21.0. The lowest BCUT2D eigenvalue weighted by molar-refractivity contribution is 0.0617. The predicted molar refractivity (Wildman–Crippen MR) is 114 cm³/mol. The largest absolute Gasteiger partial charge is 0.382 e. The van der Waals surface area contributed by atoms with Gasteiger partial charge in [-0.25, -0.2) is 0 Å². The lowest BCUT2D eigenvalue weighted by atomic mass is 10.0. The van der Waals surface area contributed by atoms with Gasteiger partial charge in [0, 0.05) is 22.8 Å². The zero-order chi connectivity index (χ0) is 20.3. The van der Waals surface area contributed by atoms with Gasteiger partial charge in [-0.15, -0.1) is 0 Å². The Morgan fingerprint density at radius 1 is 1.11 bits per heavy atom. The molecule has 1 aliphatic rings. The molecule has 2 N–H and O–H groups in total. The topological polar surface area (TPSA) is 44.7 Å². The molecule has 6 heteroatoms. The molecule has 0 spiro atoms. The minimum atomic E-state index is -0.828. The average Bonchev–Trinajstić information content (AvgIpc) is 2.98. The third kappa shape index (κ3) is 4.81. The van der Waals surface area contributed by atoms with Crippen LogP contribution in [-0.2, 0) is 11.3 Å². The second-order valence-corrected chi connectivity index (χ2v) is 8.20. The van der Waals surface area contributed by atoms with Gasteiger partial charge in [-0.2, -0.15) is 0 Å². The summed E-state index contributed by atoms with van der Waals surface area (Å²) >= 11 is 12.3. The number of ether oxygens (including phenoxy) is 1. The SMILES string of the molecule is CC(C)C1=C(C(O)c2cc(Cl)cc(Cl)c2)N(C)C(COCc2ccccc2)N1. The molecule has 2 aromatic rings. The van der Waals surface area contributed by atoms with Crippen molar-refractivity contribution in [2.75, 3.05) is 13.7 Å². The summed E-state index contributed by atoms with van der Waals surface area (Å²) in [4.78, 5) is 2.04. The van der Waals surface area contributed by atoms with Gasteiger partial charge in [-0.1, -0.05) is 67.4 Å². The highest BCUT2D eigenvalue weighted by atomic mass is 35.5. The van der Waals surface area contributed by atoms with Crippen LogP contribution in [-0.4, -0.2) is 29.8 Å². The normalized spacial score (nSPS) is 18.0. The number of rotatable bonds is 7. The molecule has 28 heavy (non-hydrogen) atoms. The Balaban J connectivity index is 1.74. The standard InChI is InChI=1S/C22H26Cl2N2O2/c1-14(2)20-21(22(27)16-9-17(23)11-18(24)10-16)26(3)19(25-20)13-28-12-15-7-5-4-6-8-15/h4-11,14,19,22,25,27H,12-13H2,1-3H3. The van der Waals surface area contributed by atoms with Gasteiger partial charge in [0.15, 0.2) is 0 Å². The van der Waals surface area contributed by atoms with Crippen LogP contribution in [0.4, 0.5) is 0 Å². The van der Waals surface area contributed by atoms with E-state index in [9.17, 15) is 5.11 Å². The summed E-state index contributed by atoms with van der Waals surface area (Å²) in [6.45, 7) is 5.24. The molecule has 1 aliphatic heterocycles. The zero-order valence-electron chi connectivity index (χ0n) is 16.3. The van der Waals surface area contributed by atoms with Crippen LogP contribution in [0.15, 0.2) is 59.9 Å². The summed E-state index contributed by atoms with van der Waals surface area (Å²) in [6, 6.07) is 15.2. The van der Waals surface area contributed by atoms with Crippen molar-refractivity contribution < 1.29 is 9.84 Å². The lowest BCUT2D eigenvalue weighted by Gasteiger charge is -2.27. The van der Waals surface area contributed by atoms with E-state index >= 15 is 0 Å². The second-order valence-electron chi connectivity index (χ2n) is 7.33. The number of hydrogen-bond acceptors (Lipinski definition) is 4.